The van der Waals surface area contributed by atoms with Crippen LogP contribution in [0, 0.1) is 5.92 Å². The van der Waals surface area contributed by atoms with E-state index in [1.807, 2.05) is 36.1 Å². The Kier molecular flexibility index (Phi) is 5.57. The predicted molar refractivity (Wildman–Crippen MR) is 96.0 cm³/mol. The first-order valence-corrected chi connectivity index (χ1v) is 9.34. The summed E-state index contributed by atoms with van der Waals surface area (Å²) in [6, 6.07) is 7.49. The van der Waals surface area contributed by atoms with Crippen molar-refractivity contribution in [3.05, 3.63) is 24.3 Å². The van der Waals surface area contributed by atoms with E-state index in [9.17, 15) is 4.79 Å². The molecule has 2 aromatic rings. The van der Waals surface area contributed by atoms with Gasteiger partial charge in [-0.05, 0) is 60.4 Å². The summed E-state index contributed by atoms with van der Waals surface area (Å²) in [5, 5.41) is 12.3. The zero-order chi connectivity index (χ0) is 17.8. The molecule has 1 amide bonds. The fraction of sp³-hybridized carbons (Fsp3) is 0.529. The summed E-state index contributed by atoms with van der Waals surface area (Å²) in [6.07, 6.45) is 2.15. The summed E-state index contributed by atoms with van der Waals surface area (Å²) >= 11 is 1.39. The van der Waals surface area contributed by atoms with Crippen LogP contribution in [-0.4, -0.2) is 56.5 Å². The second-order valence-electron chi connectivity index (χ2n) is 6.34. The van der Waals surface area contributed by atoms with Crippen LogP contribution in [0.2, 0.25) is 0 Å². The molecule has 8 heteroatoms. The van der Waals surface area contributed by atoms with Gasteiger partial charge in [0, 0.05) is 13.1 Å². The largest absolute Gasteiger partial charge is 0.497 e. The number of likely N-dealkylation sites (tertiary alicyclic amines) is 1. The van der Waals surface area contributed by atoms with Crippen molar-refractivity contribution in [2.45, 2.75) is 37.1 Å². The Balaban J connectivity index is 1.68. The Morgan fingerprint density at radius 2 is 1.96 bits per heavy atom. The molecule has 0 unspecified atom stereocenters. The first-order valence-electron chi connectivity index (χ1n) is 8.46. The Morgan fingerprint density at radius 1 is 1.28 bits per heavy atom. The summed E-state index contributed by atoms with van der Waals surface area (Å²) in [4.78, 5) is 14.6. The van der Waals surface area contributed by atoms with Crippen LogP contribution in [0.5, 0.6) is 5.75 Å². The SMILES string of the molecule is COc1ccc(-n2nnnc2S[C@@H](C)C(=O)N2CCC(C)CC2)cc1. The highest BCUT2D eigenvalue weighted by Gasteiger charge is 2.26. The first kappa shape index (κ1) is 17.7. The number of nitrogens with zero attached hydrogens (tertiary/aromatic N) is 5. The lowest BCUT2D eigenvalue weighted by molar-refractivity contribution is -0.131. The molecule has 0 N–H and O–H groups in total. The number of benzene rings is 1. The van der Waals surface area contributed by atoms with Crippen LogP contribution >= 0.6 is 11.8 Å². The van der Waals surface area contributed by atoms with E-state index >= 15 is 0 Å². The molecule has 1 saturated heterocycles. The molecule has 3 rings (SSSR count). The van der Waals surface area contributed by atoms with E-state index in [2.05, 4.69) is 22.4 Å². The molecule has 7 nitrogen and oxygen atoms in total. The van der Waals surface area contributed by atoms with E-state index in [0.29, 0.717) is 11.1 Å². The van der Waals surface area contributed by atoms with E-state index in [-0.39, 0.29) is 11.2 Å². The van der Waals surface area contributed by atoms with E-state index in [4.69, 9.17) is 4.74 Å². The lowest BCUT2D eigenvalue weighted by Crippen LogP contribution is -2.41. The average molecular weight is 361 g/mol. The minimum absolute atomic E-state index is 0.154. The minimum Gasteiger partial charge on any atom is -0.497 e. The van der Waals surface area contributed by atoms with Gasteiger partial charge in [0.25, 0.3) is 0 Å². The van der Waals surface area contributed by atoms with Crippen molar-refractivity contribution in [3.8, 4) is 11.4 Å². The standard InChI is InChI=1S/C17H23N5O2S/c1-12-8-10-21(11-9-12)16(23)13(2)25-17-18-19-20-22(17)14-4-6-15(24-3)7-5-14/h4-7,12-13H,8-11H2,1-3H3/t13-/m0/s1. The van der Waals surface area contributed by atoms with Gasteiger partial charge in [-0.2, -0.15) is 4.68 Å². The third-order valence-electron chi connectivity index (χ3n) is 4.48. The highest BCUT2D eigenvalue weighted by atomic mass is 32.2. The number of carbonyl (C=O) groups is 1. The molecule has 2 heterocycles. The van der Waals surface area contributed by atoms with Crippen molar-refractivity contribution in [3.63, 3.8) is 0 Å². The zero-order valence-electron chi connectivity index (χ0n) is 14.8. The van der Waals surface area contributed by atoms with E-state index in [1.54, 1.807) is 11.8 Å². The van der Waals surface area contributed by atoms with Gasteiger partial charge in [-0.25, -0.2) is 0 Å². The number of ether oxygens (including phenoxy) is 1. The molecule has 0 saturated carbocycles. The number of piperidine rings is 1. The van der Waals surface area contributed by atoms with Crippen LogP contribution in [0.25, 0.3) is 5.69 Å². The number of hydrogen-bond donors (Lipinski definition) is 0. The highest BCUT2D eigenvalue weighted by molar-refractivity contribution is 8.00. The van der Waals surface area contributed by atoms with E-state index in [0.717, 1.165) is 37.4 Å². The van der Waals surface area contributed by atoms with Crippen LogP contribution in [0.15, 0.2) is 29.4 Å². The third-order valence-corrected chi connectivity index (χ3v) is 5.50. The topological polar surface area (TPSA) is 73.1 Å². The molecular weight excluding hydrogens is 338 g/mol. The summed E-state index contributed by atoms with van der Waals surface area (Å²) in [5.41, 5.74) is 0.833. The van der Waals surface area contributed by atoms with Crippen molar-refractivity contribution in [1.82, 2.24) is 25.1 Å². The van der Waals surface area contributed by atoms with Crippen LogP contribution < -0.4 is 4.74 Å². The summed E-state index contributed by atoms with van der Waals surface area (Å²) in [7, 11) is 1.63. The van der Waals surface area contributed by atoms with Crippen LogP contribution in [0.4, 0.5) is 0 Å². The molecule has 1 aromatic heterocycles. The number of methoxy groups -OCH3 is 1. The number of hydrogen-bond acceptors (Lipinski definition) is 6. The fourth-order valence-corrected chi connectivity index (χ4v) is 3.72. The van der Waals surface area contributed by atoms with Crippen LogP contribution in [0.3, 0.4) is 0 Å². The molecule has 1 aliphatic rings. The average Bonchev–Trinajstić information content (AvgIpc) is 3.10. The van der Waals surface area contributed by atoms with Crippen molar-refractivity contribution in [2.24, 2.45) is 5.92 Å². The molecule has 1 aromatic carbocycles. The van der Waals surface area contributed by atoms with Crippen LogP contribution in [0.1, 0.15) is 26.7 Å². The molecule has 1 aliphatic heterocycles. The molecule has 1 atom stereocenters. The normalized spacial score (nSPS) is 16.7. The Hall–Kier alpha value is -2.09. The van der Waals surface area contributed by atoms with Crippen LogP contribution in [-0.2, 0) is 4.79 Å². The van der Waals surface area contributed by atoms with Gasteiger partial charge in [0.15, 0.2) is 0 Å². The molecule has 0 spiro atoms. The Bertz CT molecular complexity index is 710. The quantitative estimate of drug-likeness (QED) is 0.762. The summed E-state index contributed by atoms with van der Waals surface area (Å²) in [6.45, 7) is 5.84. The fourth-order valence-electron chi connectivity index (χ4n) is 2.83. The molecule has 25 heavy (non-hydrogen) atoms. The molecular formula is C17H23N5O2S. The van der Waals surface area contributed by atoms with Gasteiger partial charge in [0.05, 0.1) is 18.0 Å². The maximum absolute atomic E-state index is 12.7. The number of thioether (sulfide) groups is 1. The second-order valence-corrected chi connectivity index (χ2v) is 7.65. The van der Waals surface area contributed by atoms with Crippen molar-refractivity contribution in [2.75, 3.05) is 20.2 Å². The Labute approximate surface area is 151 Å². The maximum Gasteiger partial charge on any atom is 0.235 e. The zero-order valence-corrected chi connectivity index (χ0v) is 15.6. The first-order chi connectivity index (χ1) is 12.1. The summed E-state index contributed by atoms with van der Waals surface area (Å²) in [5.74, 6) is 1.63. The third kappa shape index (κ3) is 4.12. The molecule has 134 valence electrons. The lowest BCUT2D eigenvalue weighted by Gasteiger charge is -2.31. The van der Waals surface area contributed by atoms with Gasteiger partial charge in [-0.1, -0.05) is 18.7 Å². The number of tetrazole rings is 1. The van der Waals surface area contributed by atoms with E-state index in [1.165, 1.54) is 11.8 Å². The van der Waals surface area contributed by atoms with Gasteiger partial charge in [0.2, 0.25) is 11.1 Å². The number of amides is 1. The minimum atomic E-state index is -0.226. The smallest absolute Gasteiger partial charge is 0.235 e. The van der Waals surface area contributed by atoms with Gasteiger partial charge in [0.1, 0.15) is 5.75 Å². The highest BCUT2D eigenvalue weighted by Crippen LogP contribution is 2.26. The van der Waals surface area contributed by atoms with Gasteiger partial charge < -0.3 is 9.64 Å². The number of aromatic nitrogens is 4. The molecule has 0 aliphatic carbocycles. The van der Waals surface area contributed by atoms with Crippen molar-refractivity contribution >= 4 is 17.7 Å². The number of rotatable bonds is 5. The molecule has 0 bridgehead atoms. The summed E-state index contributed by atoms with van der Waals surface area (Å²) < 4.78 is 6.82. The monoisotopic (exact) mass is 361 g/mol. The van der Waals surface area contributed by atoms with E-state index < -0.39 is 0 Å². The van der Waals surface area contributed by atoms with Gasteiger partial charge >= 0.3 is 0 Å². The van der Waals surface area contributed by atoms with Crippen molar-refractivity contribution in [1.29, 1.82) is 0 Å². The van der Waals surface area contributed by atoms with Crippen molar-refractivity contribution < 1.29 is 9.53 Å². The van der Waals surface area contributed by atoms with Gasteiger partial charge in [-0.3, -0.25) is 4.79 Å². The molecule has 0 radical (unpaired) electrons. The Morgan fingerprint density at radius 3 is 2.60 bits per heavy atom. The predicted octanol–water partition coefficient (Wildman–Crippen LogP) is 2.41. The second kappa shape index (κ2) is 7.86. The lowest BCUT2D eigenvalue weighted by atomic mass is 9.99. The maximum atomic E-state index is 12.7. The number of carbonyl (C=O) groups excluding carboxylic acids is 1. The van der Waals surface area contributed by atoms with Gasteiger partial charge in [-0.15, -0.1) is 5.10 Å². The molecule has 1 fully saturated rings.